The van der Waals surface area contributed by atoms with Crippen molar-refractivity contribution in [1.29, 1.82) is 0 Å². The maximum atomic E-state index is 14.4. The molecule has 1 aromatic rings. The van der Waals surface area contributed by atoms with Gasteiger partial charge in [0.15, 0.2) is 0 Å². The van der Waals surface area contributed by atoms with Crippen molar-refractivity contribution in [3.05, 3.63) is 23.8 Å². The smallest absolute Gasteiger partial charge is 0.427 e. The van der Waals surface area contributed by atoms with Crippen molar-refractivity contribution in [1.82, 2.24) is 9.96 Å². The first-order valence-corrected chi connectivity index (χ1v) is 15.0. The molecule has 4 saturated heterocycles. The molecule has 228 valence electrons. The molecule has 0 bridgehead atoms. The summed E-state index contributed by atoms with van der Waals surface area (Å²) in [5, 5.41) is 1.47. The van der Waals surface area contributed by atoms with Crippen LogP contribution in [0.1, 0.15) is 78.2 Å². The van der Waals surface area contributed by atoms with Crippen LogP contribution in [-0.2, 0) is 20.5 Å². The van der Waals surface area contributed by atoms with E-state index in [-0.39, 0.29) is 18.1 Å². The molecule has 0 saturated carbocycles. The number of benzene rings is 1. The molecule has 8 nitrogen and oxygen atoms in total. The third-order valence-corrected chi connectivity index (χ3v) is 9.21. The van der Waals surface area contributed by atoms with Crippen LogP contribution in [0.3, 0.4) is 0 Å². The lowest BCUT2D eigenvalue weighted by Crippen LogP contribution is -2.46. The maximum absolute atomic E-state index is 14.4. The lowest BCUT2D eigenvalue weighted by molar-refractivity contribution is -0.166. The van der Waals surface area contributed by atoms with Gasteiger partial charge >= 0.3 is 12.3 Å². The van der Waals surface area contributed by atoms with Gasteiger partial charge in [0.05, 0.1) is 16.7 Å². The number of hydrogen-bond donors (Lipinski definition) is 0. The van der Waals surface area contributed by atoms with Crippen LogP contribution in [0.4, 0.5) is 29.3 Å². The van der Waals surface area contributed by atoms with E-state index < -0.39 is 28.9 Å². The Morgan fingerprint density at radius 2 is 1.68 bits per heavy atom. The Balaban J connectivity index is 1.27. The molecule has 11 heteroatoms. The third-order valence-electron chi connectivity index (χ3n) is 9.21. The monoisotopic (exact) mass is 580 g/mol. The van der Waals surface area contributed by atoms with Gasteiger partial charge in [-0.25, -0.2) is 4.79 Å². The normalized spacial score (nSPS) is 26.2. The highest BCUT2D eigenvalue weighted by molar-refractivity contribution is 6.00. The average Bonchev–Trinajstić information content (AvgIpc) is 3.50. The Kier molecular flexibility index (Phi) is 8.24. The fraction of sp³-hybridized carbons (Fsp3) is 0.733. The quantitative estimate of drug-likeness (QED) is 0.415. The number of amides is 1. The molecule has 0 unspecified atom stereocenters. The first-order chi connectivity index (χ1) is 19.3. The maximum Gasteiger partial charge on any atom is 0.528 e. The van der Waals surface area contributed by atoms with Crippen LogP contribution >= 0.6 is 0 Å². The van der Waals surface area contributed by atoms with E-state index in [9.17, 15) is 22.8 Å². The topological polar surface area (TPSA) is 65.6 Å². The molecule has 5 rings (SSSR count). The Bertz CT molecular complexity index is 1130. The van der Waals surface area contributed by atoms with Crippen LogP contribution in [0, 0.1) is 5.41 Å². The lowest BCUT2D eigenvalue weighted by Gasteiger charge is -2.38. The molecule has 4 aliphatic heterocycles. The number of ether oxygens (including phenoxy) is 1. The van der Waals surface area contributed by atoms with E-state index in [1.807, 2.05) is 0 Å². The number of rotatable bonds is 4. The summed E-state index contributed by atoms with van der Waals surface area (Å²) in [5.74, 6) is -0.284. The van der Waals surface area contributed by atoms with Gasteiger partial charge in [-0.1, -0.05) is 6.42 Å². The zero-order chi connectivity index (χ0) is 29.6. The van der Waals surface area contributed by atoms with E-state index in [4.69, 9.17) is 9.57 Å². The summed E-state index contributed by atoms with van der Waals surface area (Å²) < 4.78 is 48.4. The molecule has 1 amide bonds. The van der Waals surface area contributed by atoms with Crippen molar-refractivity contribution in [2.75, 3.05) is 49.1 Å². The number of hydrogen-bond acceptors (Lipinski definition) is 7. The van der Waals surface area contributed by atoms with Gasteiger partial charge in [-0.2, -0.15) is 13.2 Å². The summed E-state index contributed by atoms with van der Waals surface area (Å²) in [7, 11) is 0. The van der Waals surface area contributed by atoms with Crippen molar-refractivity contribution >= 4 is 23.4 Å². The molecule has 4 aliphatic rings. The summed E-state index contributed by atoms with van der Waals surface area (Å²) in [6.45, 7) is 10.8. The molecule has 2 atom stereocenters. The number of hydroxylamine groups is 2. The number of alkyl halides is 3. The average molecular weight is 581 g/mol. The Morgan fingerprint density at radius 3 is 2.34 bits per heavy atom. The third kappa shape index (κ3) is 6.45. The highest BCUT2D eigenvalue weighted by atomic mass is 19.4. The van der Waals surface area contributed by atoms with E-state index in [0.29, 0.717) is 56.7 Å². The van der Waals surface area contributed by atoms with Crippen LogP contribution in [0.15, 0.2) is 18.2 Å². The summed E-state index contributed by atoms with van der Waals surface area (Å²) in [5.41, 5.74) is -1.73. The molecule has 0 aromatic heterocycles. The molecule has 0 radical (unpaired) electrons. The Hall–Kier alpha value is -2.53. The van der Waals surface area contributed by atoms with E-state index in [2.05, 4.69) is 16.7 Å². The molecule has 0 aliphatic carbocycles. The molecule has 4 fully saturated rings. The number of anilines is 2. The van der Waals surface area contributed by atoms with Crippen LogP contribution in [0.25, 0.3) is 0 Å². The fourth-order valence-corrected chi connectivity index (χ4v) is 6.99. The molecule has 1 spiro atoms. The van der Waals surface area contributed by atoms with Crippen LogP contribution in [0.5, 0.6) is 0 Å². The van der Waals surface area contributed by atoms with Crippen LogP contribution in [0.2, 0.25) is 0 Å². The lowest BCUT2D eigenvalue weighted by atomic mass is 9.77. The molecule has 1 aromatic carbocycles. The summed E-state index contributed by atoms with van der Waals surface area (Å²) in [4.78, 5) is 36.9. The summed E-state index contributed by atoms with van der Waals surface area (Å²) in [6, 6.07) is 5.30. The summed E-state index contributed by atoms with van der Waals surface area (Å²) in [6.07, 6.45) is 0.381. The number of piperidine rings is 2. The van der Waals surface area contributed by atoms with Crippen LogP contribution < -0.4 is 9.80 Å². The van der Waals surface area contributed by atoms with Gasteiger partial charge in [-0.15, -0.1) is 5.06 Å². The van der Waals surface area contributed by atoms with Gasteiger partial charge in [0.2, 0.25) is 5.91 Å². The standard InChI is InChI=1S/C30H43F3N4O4/c1-21-7-5-6-14-36(21)23-10-15-34(20-23)22-8-9-25(24(19-22)30(31,32)33)37-18-13-29(26(37)38)11-16-35(17-12-29)41-27(39)40-28(2,3)4/h8-9,19,21,23H,5-7,10-18,20H2,1-4H3/t21-,23-/m0/s1. The van der Waals surface area contributed by atoms with Gasteiger partial charge in [0, 0.05) is 50.5 Å². The van der Waals surface area contributed by atoms with Crippen molar-refractivity contribution in [3.63, 3.8) is 0 Å². The first kappa shape index (κ1) is 29.9. The van der Waals surface area contributed by atoms with Gasteiger partial charge in [-0.3, -0.25) is 9.69 Å². The van der Waals surface area contributed by atoms with Crippen molar-refractivity contribution in [3.8, 4) is 0 Å². The molecule has 0 N–H and O–H groups in total. The largest absolute Gasteiger partial charge is 0.528 e. The number of carbonyl (C=O) groups is 2. The highest BCUT2D eigenvalue weighted by Gasteiger charge is 2.51. The molecule has 41 heavy (non-hydrogen) atoms. The minimum absolute atomic E-state index is 0.0732. The zero-order valence-corrected chi connectivity index (χ0v) is 24.6. The fourth-order valence-electron chi connectivity index (χ4n) is 6.99. The number of nitrogens with zero attached hydrogens (tertiary/aromatic N) is 4. The predicted octanol–water partition coefficient (Wildman–Crippen LogP) is 5.84. The van der Waals surface area contributed by atoms with Crippen molar-refractivity contribution < 1.29 is 32.3 Å². The Morgan fingerprint density at radius 1 is 0.976 bits per heavy atom. The molecular weight excluding hydrogens is 537 g/mol. The second kappa shape index (κ2) is 11.3. The van der Waals surface area contributed by atoms with E-state index in [1.165, 1.54) is 41.4 Å². The highest BCUT2D eigenvalue weighted by Crippen LogP contribution is 2.47. The minimum Gasteiger partial charge on any atom is -0.427 e. The van der Waals surface area contributed by atoms with E-state index in [1.54, 1.807) is 26.8 Å². The minimum atomic E-state index is -4.59. The van der Waals surface area contributed by atoms with E-state index in [0.717, 1.165) is 19.5 Å². The van der Waals surface area contributed by atoms with Gasteiger partial charge in [0.1, 0.15) is 5.60 Å². The van der Waals surface area contributed by atoms with Crippen molar-refractivity contribution in [2.24, 2.45) is 5.41 Å². The van der Waals surface area contributed by atoms with E-state index >= 15 is 0 Å². The zero-order valence-electron chi connectivity index (χ0n) is 24.6. The number of halogens is 3. The first-order valence-electron chi connectivity index (χ1n) is 15.0. The van der Waals surface area contributed by atoms with Gasteiger partial charge in [-0.05, 0) is 91.0 Å². The number of carbonyl (C=O) groups excluding carboxylic acids is 2. The molecule has 4 heterocycles. The molecular formula is C30H43F3N4O4. The van der Waals surface area contributed by atoms with Crippen LogP contribution in [-0.4, -0.2) is 79.0 Å². The number of likely N-dealkylation sites (tertiary alicyclic amines) is 1. The SMILES string of the molecule is C[C@H]1CCCCN1[C@H]1CCN(c2ccc(N3CCC4(CCN(OC(=O)OC(C)(C)C)CC4)C3=O)c(C(F)(F)F)c2)C1. The van der Waals surface area contributed by atoms with Gasteiger partial charge < -0.3 is 19.4 Å². The van der Waals surface area contributed by atoms with Crippen molar-refractivity contribution in [2.45, 2.75) is 96.5 Å². The second-order valence-electron chi connectivity index (χ2n) is 13.1. The Labute approximate surface area is 240 Å². The second-order valence-corrected chi connectivity index (χ2v) is 13.1. The van der Waals surface area contributed by atoms with Gasteiger partial charge in [0.25, 0.3) is 0 Å². The summed E-state index contributed by atoms with van der Waals surface area (Å²) >= 11 is 0. The predicted molar refractivity (Wildman–Crippen MR) is 150 cm³/mol.